The summed E-state index contributed by atoms with van der Waals surface area (Å²) in [5, 5.41) is 11.4. The topological polar surface area (TPSA) is 23.1 Å². The fourth-order valence-electron chi connectivity index (χ4n) is 2.44. The third kappa shape index (κ3) is 1.89. The Labute approximate surface area is 86.4 Å². The first-order valence-electron chi connectivity index (χ1n) is 4.77. The van der Waals surface area contributed by atoms with Crippen molar-refractivity contribution in [3.63, 3.8) is 0 Å². The van der Waals surface area contributed by atoms with Crippen LogP contribution >= 0.6 is 0 Å². The van der Waals surface area contributed by atoms with Gasteiger partial charge in [-0.1, -0.05) is 12.0 Å². The van der Waals surface area contributed by atoms with Gasteiger partial charge in [-0.2, -0.15) is 0 Å². The van der Waals surface area contributed by atoms with Crippen molar-refractivity contribution in [3.8, 4) is 0 Å². The van der Waals surface area contributed by atoms with E-state index in [4.69, 9.17) is 0 Å². The molecular formula is C10H15LiO. The summed E-state index contributed by atoms with van der Waals surface area (Å²) in [5.41, 5.74) is 1.29. The van der Waals surface area contributed by atoms with Crippen LogP contribution in [0.4, 0.5) is 0 Å². The maximum Gasteiger partial charge on any atom is 1.00 e. The second kappa shape index (κ2) is 4.40. The van der Waals surface area contributed by atoms with Gasteiger partial charge in [0, 0.05) is 0 Å². The monoisotopic (exact) mass is 158 g/mol. The molecule has 0 radical (unpaired) electrons. The molecule has 0 spiro atoms. The molecule has 1 unspecified atom stereocenters. The van der Waals surface area contributed by atoms with Crippen molar-refractivity contribution in [2.24, 2.45) is 5.92 Å². The summed E-state index contributed by atoms with van der Waals surface area (Å²) in [4.78, 5) is 0. The Morgan fingerprint density at radius 1 is 1.00 bits per heavy atom. The number of fused-ring (bicyclic) bond motifs is 1. The third-order valence-electron chi connectivity index (χ3n) is 3.06. The minimum atomic E-state index is 0. The van der Waals surface area contributed by atoms with Gasteiger partial charge < -0.3 is 5.11 Å². The normalized spacial score (nSPS) is 29.2. The van der Waals surface area contributed by atoms with Crippen LogP contribution in [0.3, 0.4) is 0 Å². The average Bonchev–Trinajstić information content (AvgIpc) is 2.06. The molecule has 0 saturated heterocycles. The van der Waals surface area contributed by atoms with E-state index in [-0.39, 0.29) is 18.9 Å². The maximum absolute atomic E-state index is 11.4. The zero-order valence-corrected chi connectivity index (χ0v) is 7.94. The minimum absolute atomic E-state index is 0. The zero-order chi connectivity index (χ0) is 7.68. The van der Waals surface area contributed by atoms with Crippen molar-refractivity contribution in [3.05, 3.63) is 11.3 Å². The van der Waals surface area contributed by atoms with Crippen LogP contribution in [-0.2, 0) is 0 Å². The summed E-state index contributed by atoms with van der Waals surface area (Å²) in [6.45, 7) is 0. The molecule has 1 atom stereocenters. The number of hydrogen-bond acceptors (Lipinski definition) is 1. The fourth-order valence-corrected chi connectivity index (χ4v) is 2.44. The van der Waals surface area contributed by atoms with Crippen LogP contribution in [0.15, 0.2) is 11.3 Å². The van der Waals surface area contributed by atoms with Crippen molar-refractivity contribution in [2.75, 3.05) is 0 Å². The Morgan fingerprint density at radius 2 is 1.75 bits per heavy atom. The Kier molecular flexibility index (Phi) is 3.74. The average molecular weight is 158 g/mol. The van der Waals surface area contributed by atoms with Gasteiger partial charge in [-0.15, -0.1) is 5.76 Å². The largest absolute Gasteiger partial charge is 1.00 e. The first kappa shape index (κ1) is 10.2. The predicted octanol–water partition coefficient (Wildman–Crippen LogP) is -1.02. The molecule has 0 aromatic heterocycles. The summed E-state index contributed by atoms with van der Waals surface area (Å²) >= 11 is 0. The molecule has 1 fully saturated rings. The molecule has 0 N–H and O–H groups in total. The molecule has 2 aliphatic carbocycles. The van der Waals surface area contributed by atoms with E-state index in [1.165, 1.54) is 31.3 Å². The number of hydrogen-bond donors (Lipinski definition) is 0. The smallest absolute Gasteiger partial charge is 0.875 e. The molecule has 0 aromatic carbocycles. The summed E-state index contributed by atoms with van der Waals surface area (Å²) < 4.78 is 0. The molecule has 1 nitrogen and oxygen atoms in total. The van der Waals surface area contributed by atoms with Gasteiger partial charge in [0.2, 0.25) is 0 Å². The van der Waals surface area contributed by atoms with E-state index < -0.39 is 0 Å². The first-order valence-corrected chi connectivity index (χ1v) is 4.77. The quantitative estimate of drug-likeness (QED) is 0.414. The number of allylic oxidation sites excluding steroid dienone is 2. The van der Waals surface area contributed by atoms with Crippen LogP contribution in [0.2, 0.25) is 0 Å². The molecule has 0 aliphatic heterocycles. The molecule has 62 valence electrons. The van der Waals surface area contributed by atoms with Gasteiger partial charge in [-0.25, -0.2) is 0 Å². The Balaban J connectivity index is 0.000000720. The van der Waals surface area contributed by atoms with Crippen LogP contribution in [-0.4, -0.2) is 0 Å². The van der Waals surface area contributed by atoms with Gasteiger partial charge in [-0.05, 0) is 44.4 Å². The molecule has 0 aromatic rings. The van der Waals surface area contributed by atoms with Crippen LogP contribution in [0.5, 0.6) is 0 Å². The van der Waals surface area contributed by atoms with Gasteiger partial charge in [0.05, 0.1) is 0 Å². The Hall–Kier alpha value is 0.137. The summed E-state index contributed by atoms with van der Waals surface area (Å²) in [6.07, 6.45) is 8.30. The van der Waals surface area contributed by atoms with E-state index in [2.05, 4.69) is 0 Å². The van der Waals surface area contributed by atoms with E-state index in [1.54, 1.807) is 0 Å². The molecule has 2 aliphatic rings. The van der Waals surface area contributed by atoms with Crippen molar-refractivity contribution in [1.82, 2.24) is 0 Å². The molecular weight excluding hydrogens is 143 g/mol. The second-order valence-corrected chi connectivity index (χ2v) is 3.78. The van der Waals surface area contributed by atoms with E-state index in [0.29, 0.717) is 11.7 Å². The van der Waals surface area contributed by atoms with Crippen molar-refractivity contribution in [1.29, 1.82) is 0 Å². The summed E-state index contributed by atoms with van der Waals surface area (Å²) in [7, 11) is 0. The SMILES string of the molecule is [Li+].[O-]C1=C2CCCCC2CCC1. The predicted molar refractivity (Wildman–Crippen MR) is 42.8 cm³/mol. The van der Waals surface area contributed by atoms with Crippen molar-refractivity contribution < 1.29 is 24.0 Å². The molecule has 12 heavy (non-hydrogen) atoms. The second-order valence-electron chi connectivity index (χ2n) is 3.78. The van der Waals surface area contributed by atoms with Crippen molar-refractivity contribution in [2.45, 2.75) is 44.9 Å². The van der Waals surface area contributed by atoms with Gasteiger partial charge in [0.25, 0.3) is 0 Å². The molecule has 2 heteroatoms. The standard InChI is InChI=1S/C10H16O.Li/c11-10-7-3-5-8-4-1-2-6-9(8)10;/h8,11H,1-7H2;/q;+1/p-1. The van der Waals surface area contributed by atoms with E-state index in [0.717, 1.165) is 19.3 Å². The van der Waals surface area contributed by atoms with Crippen molar-refractivity contribution >= 4 is 0 Å². The molecule has 0 heterocycles. The third-order valence-corrected chi connectivity index (χ3v) is 3.06. The van der Waals surface area contributed by atoms with Gasteiger partial charge in [0.15, 0.2) is 0 Å². The maximum atomic E-state index is 11.4. The summed E-state index contributed by atoms with van der Waals surface area (Å²) in [5.74, 6) is 1.19. The Bertz CT molecular complexity index is 186. The first-order chi connectivity index (χ1) is 5.38. The van der Waals surface area contributed by atoms with Gasteiger partial charge in [0.1, 0.15) is 0 Å². The summed E-state index contributed by atoms with van der Waals surface area (Å²) in [6, 6.07) is 0. The minimum Gasteiger partial charge on any atom is -0.875 e. The number of rotatable bonds is 0. The fraction of sp³-hybridized carbons (Fsp3) is 0.800. The van der Waals surface area contributed by atoms with Gasteiger partial charge >= 0.3 is 18.9 Å². The molecule has 0 amide bonds. The van der Waals surface area contributed by atoms with Crippen LogP contribution in [0.25, 0.3) is 0 Å². The molecule has 0 bridgehead atoms. The van der Waals surface area contributed by atoms with E-state index in [9.17, 15) is 5.11 Å². The molecule has 1 saturated carbocycles. The van der Waals surface area contributed by atoms with Crippen LogP contribution in [0.1, 0.15) is 44.9 Å². The molecule has 2 rings (SSSR count). The zero-order valence-electron chi connectivity index (χ0n) is 7.94. The van der Waals surface area contributed by atoms with Crippen LogP contribution < -0.4 is 24.0 Å². The van der Waals surface area contributed by atoms with Crippen LogP contribution in [0, 0.1) is 5.92 Å². The van der Waals surface area contributed by atoms with E-state index in [1.807, 2.05) is 0 Å². The van der Waals surface area contributed by atoms with E-state index >= 15 is 0 Å². The van der Waals surface area contributed by atoms with Gasteiger partial charge in [-0.3, -0.25) is 0 Å². The Morgan fingerprint density at radius 3 is 2.50 bits per heavy atom.